The lowest BCUT2D eigenvalue weighted by Crippen LogP contribution is -1.90. The van der Waals surface area contributed by atoms with E-state index in [1.165, 1.54) is 0 Å². The summed E-state index contributed by atoms with van der Waals surface area (Å²) in [5.74, 6) is 2.52. The average Bonchev–Trinajstić information content (AvgIpc) is 3.29. The molecule has 0 saturated carbocycles. The van der Waals surface area contributed by atoms with Crippen LogP contribution >= 0.6 is 0 Å². The zero-order valence-electron chi connectivity index (χ0n) is 14.0. The maximum Gasteiger partial charge on any atom is 0.258 e. The van der Waals surface area contributed by atoms with Gasteiger partial charge >= 0.3 is 0 Å². The van der Waals surface area contributed by atoms with Crippen molar-refractivity contribution >= 4 is 11.1 Å². The molecule has 2 aromatic heterocycles. The summed E-state index contributed by atoms with van der Waals surface area (Å²) < 4.78 is 16.5. The van der Waals surface area contributed by atoms with E-state index in [-0.39, 0.29) is 0 Å². The molecule has 25 heavy (non-hydrogen) atoms. The fourth-order valence-corrected chi connectivity index (χ4v) is 2.58. The Kier molecular flexibility index (Phi) is 3.93. The minimum absolute atomic E-state index is 0.465. The molecule has 2 aromatic carbocycles. The van der Waals surface area contributed by atoms with E-state index in [1.54, 1.807) is 0 Å². The van der Waals surface area contributed by atoms with Crippen molar-refractivity contribution in [2.45, 2.75) is 20.3 Å². The Morgan fingerprint density at radius 2 is 1.76 bits per heavy atom. The van der Waals surface area contributed by atoms with Crippen LogP contribution in [0.15, 0.2) is 51.4 Å². The second-order valence-corrected chi connectivity index (χ2v) is 5.52. The number of oxazole rings is 1. The number of benzene rings is 2. The number of nitrogens with zero attached hydrogens (tertiary/aromatic N) is 3. The molecule has 0 unspecified atom stereocenters. The van der Waals surface area contributed by atoms with Crippen LogP contribution in [0, 0.1) is 0 Å². The van der Waals surface area contributed by atoms with Gasteiger partial charge in [0.15, 0.2) is 11.5 Å². The van der Waals surface area contributed by atoms with Gasteiger partial charge in [0.25, 0.3) is 5.89 Å². The van der Waals surface area contributed by atoms with Crippen molar-refractivity contribution in [3.8, 4) is 28.6 Å². The Bertz CT molecular complexity index is 1000. The van der Waals surface area contributed by atoms with Gasteiger partial charge in [-0.3, -0.25) is 0 Å². The van der Waals surface area contributed by atoms with Crippen LogP contribution in [0.1, 0.15) is 19.7 Å². The van der Waals surface area contributed by atoms with Gasteiger partial charge in [-0.25, -0.2) is 4.98 Å². The van der Waals surface area contributed by atoms with Crippen molar-refractivity contribution < 1.29 is 13.7 Å². The minimum atomic E-state index is 0.465. The maximum absolute atomic E-state index is 5.63. The van der Waals surface area contributed by atoms with Gasteiger partial charge in [0.05, 0.1) is 6.61 Å². The molecule has 4 rings (SSSR count). The van der Waals surface area contributed by atoms with Crippen LogP contribution in [0.4, 0.5) is 0 Å². The molecule has 0 aliphatic heterocycles. The lowest BCUT2D eigenvalue weighted by atomic mass is 10.2. The highest BCUT2D eigenvalue weighted by atomic mass is 16.5. The predicted octanol–water partition coefficient (Wildman–Crippen LogP) is 4.51. The van der Waals surface area contributed by atoms with E-state index in [9.17, 15) is 0 Å². The summed E-state index contributed by atoms with van der Waals surface area (Å²) in [5.41, 5.74) is 3.24. The zero-order valence-corrected chi connectivity index (χ0v) is 14.0. The summed E-state index contributed by atoms with van der Waals surface area (Å²) in [6.07, 6.45) is 0.758. The number of aromatic nitrogens is 3. The lowest BCUT2D eigenvalue weighted by molar-refractivity contribution is 0.340. The van der Waals surface area contributed by atoms with Crippen LogP contribution in [0.5, 0.6) is 5.75 Å². The predicted molar refractivity (Wildman–Crippen MR) is 93.3 cm³/mol. The second kappa shape index (κ2) is 6.39. The molecule has 0 fully saturated rings. The molecule has 2 heterocycles. The summed E-state index contributed by atoms with van der Waals surface area (Å²) in [6, 6.07) is 13.3. The molecule has 6 heteroatoms. The van der Waals surface area contributed by atoms with Crippen LogP contribution < -0.4 is 4.74 Å². The third kappa shape index (κ3) is 2.98. The molecule has 0 aliphatic carbocycles. The Labute approximate surface area is 144 Å². The standard InChI is InChI=1S/C19H17N3O3/c1-3-17-20-15-11-13(7-10-16(15)24-17)18-21-19(25-22-18)12-5-8-14(9-6-12)23-4-2/h5-11H,3-4H2,1-2H3. The molecule has 4 aromatic rings. The first-order chi connectivity index (χ1) is 12.3. The third-order valence-corrected chi connectivity index (χ3v) is 3.83. The van der Waals surface area contributed by atoms with Crippen molar-refractivity contribution in [1.82, 2.24) is 15.1 Å². The van der Waals surface area contributed by atoms with E-state index in [0.717, 1.165) is 40.3 Å². The molecule has 0 radical (unpaired) electrons. The highest BCUT2D eigenvalue weighted by Crippen LogP contribution is 2.26. The second-order valence-electron chi connectivity index (χ2n) is 5.52. The van der Waals surface area contributed by atoms with Gasteiger partial charge in [0, 0.05) is 17.5 Å². The van der Waals surface area contributed by atoms with E-state index < -0.39 is 0 Å². The first-order valence-electron chi connectivity index (χ1n) is 8.23. The van der Waals surface area contributed by atoms with E-state index in [0.29, 0.717) is 18.3 Å². The highest BCUT2D eigenvalue weighted by Gasteiger charge is 2.13. The van der Waals surface area contributed by atoms with Crippen molar-refractivity contribution in [1.29, 1.82) is 0 Å². The van der Waals surface area contributed by atoms with Crippen LogP contribution in [-0.2, 0) is 6.42 Å². The highest BCUT2D eigenvalue weighted by molar-refractivity contribution is 5.78. The lowest BCUT2D eigenvalue weighted by Gasteiger charge is -2.02. The monoisotopic (exact) mass is 335 g/mol. The molecule has 0 N–H and O–H groups in total. The van der Waals surface area contributed by atoms with E-state index in [4.69, 9.17) is 13.7 Å². The average molecular weight is 335 g/mol. The molecular weight excluding hydrogens is 318 g/mol. The minimum Gasteiger partial charge on any atom is -0.494 e. The van der Waals surface area contributed by atoms with Crippen molar-refractivity contribution in [3.05, 3.63) is 48.4 Å². The molecule has 0 aliphatic rings. The molecule has 0 amide bonds. The fraction of sp³-hybridized carbons (Fsp3) is 0.211. The van der Waals surface area contributed by atoms with Crippen LogP contribution in [-0.4, -0.2) is 21.7 Å². The van der Waals surface area contributed by atoms with Gasteiger partial charge in [0.2, 0.25) is 5.82 Å². The Balaban J connectivity index is 1.64. The maximum atomic E-state index is 5.63. The summed E-state index contributed by atoms with van der Waals surface area (Å²) in [5, 5.41) is 4.08. The number of aryl methyl sites for hydroxylation is 1. The summed E-state index contributed by atoms with van der Waals surface area (Å²) in [6.45, 7) is 4.59. The molecule has 0 spiro atoms. The first-order valence-corrected chi connectivity index (χ1v) is 8.23. The van der Waals surface area contributed by atoms with Crippen molar-refractivity contribution in [2.75, 3.05) is 6.61 Å². The Hall–Kier alpha value is -3.15. The van der Waals surface area contributed by atoms with Gasteiger partial charge < -0.3 is 13.7 Å². The van der Waals surface area contributed by atoms with Crippen molar-refractivity contribution in [2.24, 2.45) is 0 Å². The molecule has 6 nitrogen and oxygen atoms in total. The van der Waals surface area contributed by atoms with Gasteiger partial charge in [-0.05, 0) is 49.4 Å². The van der Waals surface area contributed by atoms with Crippen LogP contribution in [0.3, 0.4) is 0 Å². The number of fused-ring (bicyclic) bond motifs is 1. The molecule has 0 bridgehead atoms. The van der Waals surface area contributed by atoms with Gasteiger partial charge in [-0.15, -0.1) is 0 Å². The van der Waals surface area contributed by atoms with E-state index in [1.807, 2.05) is 56.3 Å². The molecule has 0 atom stereocenters. The summed E-state index contributed by atoms with van der Waals surface area (Å²) in [4.78, 5) is 8.93. The zero-order chi connectivity index (χ0) is 17.2. The smallest absolute Gasteiger partial charge is 0.258 e. The number of hydrogen-bond donors (Lipinski definition) is 0. The summed E-state index contributed by atoms with van der Waals surface area (Å²) >= 11 is 0. The van der Waals surface area contributed by atoms with Crippen LogP contribution in [0.25, 0.3) is 33.9 Å². The number of ether oxygens (including phenoxy) is 1. The number of rotatable bonds is 5. The normalized spacial score (nSPS) is 11.1. The Morgan fingerprint density at radius 3 is 2.52 bits per heavy atom. The quantitative estimate of drug-likeness (QED) is 0.534. The van der Waals surface area contributed by atoms with E-state index >= 15 is 0 Å². The first kappa shape index (κ1) is 15.4. The fourth-order valence-electron chi connectivity index (χ4n) is 2.58. The van der Waals surface area contributed by atoms with Gasteiger partial charge in [0.1, 0.15) is 11.3 Å². The Morgan fingerprint density at radius 1 is 0.960 bits per heavy atom. The topological polar surface area (TPSA) is 74.2 Å². The molecule has 126 valence electrons. The largest absolute Gasteiger partial charge is 0.494 e. The van der Waals surface area contributed by atoms with E-state index in [2.05, 4.69) is 15.1 Å². The van der Waals surface area contributed by atoms with Crippen molar-refractivity contribution in [3.63, 3.8) is 0 Å². The van der Waals surface area contributed by atoms with Gasteiger partial charge in [-0.2, -0.15) is 4.98 Å². The third-order valence-electron chi connectivity index (χ3n) is 3.83. The molecule has 0 saturated heterocycles. The number of hydrogen-bond acceptors (Lipinski definition) is 6. The summed E-state index contributed by atoms with van der Waals surface area (Å²) in [7, 11) is 0. The molecular formula is C19H17N3O3. The van der Waals surface area contributed by atoms with Gasteiger partial charge in [-0.1, -0.05) is 12.1 Å². The van der Waals surface area contributed by atoms with Crippen LogP contribution in [0.2, 0.25) is 0 Å². The SMILES string of the molecule is CCOc1ccc(-c2nc(-c3ccc4oc(CC)nc4c3)no2)cc1.